The number of carboxylic acid groups (broad SMARTS) is 1. The van der Waals surface area contributed by atoms with Gasteiger partial charge in [0.15, 0.2) is 0 Å². The SMILES string of the molecule is CCCCC(ON)(C(=O)O)C(=O)OC(C)(C)C. The fraction of sp³-hybridized carbons (Fsp3) is 0.818. The van der Waals surface area contributed by atoms with Crippen LogP contribution in [0.4, 0.5) is 0 Å². The molecule has 0 aliphatic rings. The zero-order valence-electron chi connectivity index (χ0n) is 10.8. The van der Waals surface area contributed by atoms with Gasteiger partial charge in [-0.1, -0.05) is 13.3 Å². The van der Waals surface area contributed by atoms with Gasteiger partial charge < -0.3 is 9.84 Å². The number of hydrogen-bond donors (Lipinski definition) is 2. The number of rotatable bonds is 6. The Hall–Kier alpha value is -1.14. The molecule has 0 radical (unpaired) electrons. The Kier molecular flexibility index (Phi) is 5.57. The summed E-state index contributed by atoms with van der Waals surface area (Å²) in [6.45, 7) is 6.81. The molecular weight excluding hydrogens is 226 g/mol. The molecule has 0 aromatic carbocycles. The molecule has 6 nitrogen and oxygen atoms in total. The summed E-state index contributed by atoms with van der Waals surface area (Å²) < 4.78 is 5.03. The zero-order chi connectivity index (χ0) is 13.7. The zero-order valence-corrected chi connectivity index (χ0v) is 10.8. The molecule has 1 atom stereocenters. The first-order valence-electron chi connectivity index (χ1n) is 5.54. The van der Waals surface area contributed by atoms with Gasteiger partial charge in [-0.25, -0.2) is 15.5 Å². The third kappa shape index (κ3) is 4.32. The van der Waals surface area contributed by atoms with Crippen molar-refractivity contribution in [3.8, 4) is 0 Å². The quantitative estimate of drug-likeness (QED) is 0.416. The Morgan fingerprint density at radius 2 is 1.82 bits per heavy atom. The van der Waals surface area contributed by atoms with Crippen molar-refractivity contribution >= 4 is 11.9 Å². The second-order valence-corrected chi connectivity index (χ2v) is 4.86. The standard InChI is InChI=1S/C11H21NO5/c1-5-6-7-11(17-12,8(13)14)9(15)16-10(2,3)4/h5-7,12H2,1-4H3,(H,13,14). The highest BCUT2D eigenvalue weighted by Crippen LogP contribution is 2.23. The number of carbonyl (C=O) groups excluding carboxylic acids is 1. The average molecular weight is 247 g/mol. The molecular formula is C11H21NO5. The monoisotopic (exact) mass is 247 g/mol. The Morgan fingerprint density at radius 1 is 1.29 bits per heavy atom. The lowest BCUT2D eigenvalue weighted by Gasteiger charge is -2.29. The maximum atomic E-state index is 11.9. The number of nitrogens with two attached hydrogens (primary N) is 1. The largest absolute Gasteiger partial charge is 0.479 e. The molecule has 0 amide bonds. The molecule has 3 N–H and O–H groups in total. The summed E-state index contributed by atoms with van der Waals surface area (Å²) in [4.78, 5) is 27.5. The fourth-order valence-corrected chi connectivity index (χ4v) is 1.24. The lowest BCUT2D eigenvalue weighted by molar-refractivity contribution is -0.197. The third-order valence-electron chi connectivity index (χ3n) is 2.16. The summed E-state index contributed by atoms with van der Waals surface area (Å²) in [5.74, 6) is 2.60. The van der Waals surface area contributed by atoms with Crippen molar-refractivity contribution in [3.63, 3.8) is 0 Å². The maximum Gasteiger partial charge on any atom is 0.352 e. The van der Waals surface area contributed by atoms with Gasteiger partial charge in [-0.3, -0.25) is 4.84 Å². The van der Waals surface area contributed by atoms with Crippen LogP contribution in [0, 0.1) is 0 Å². The molecule has 0 aliphatic heterocycles. The second-order valence-electron chi connectivity index (χ2n) is 4.86. The Morgan fingerprint density at radius 3 is 2.12 bits per heavy atom. The first kappa shape index (κ1) is 15.9. The predicted octanol–water partition coefficient (Wildman–Crippen LogP) is 1.23. The van der Waals surface area contributed by atoms with E-state index in [1.54, 1.807) is 20.8 Å². The van der Waals surface area contributed by atoms with Crippen LogP contribution in [0.25, 0.3) is 0 Å². The average Bonchev–Trinajstić information content (AvgIpc) is 2.16. The van der Waals surface area contributed by atoms with E-state index in [1.165, 1.54) is 0 Å². The van der Waals surface area contributed by atoms with Crippen molar-refractivity contribution in [2.45, 2.75) is 58.2 Å². The van der Waals surface area contributed by atoms with Crippen LogP contribution in [0.3, 0.4) is 0 Å². The van der Waals surface area contributed by atoms with Crippen LogP contribution in [0.1, 0.15) is 47.0 Å². The Bertz CT molecular complexity index is 284. The van der Waals surface area contributed by atoms with Gasteiger partial charge in [-0.05, 0) is 27.2 Å². The molecule has 100 valence electrons. The number of aliphatic carboxylic acids is 1. The minimum absolute atomic E-state index is 0.00968. The normalized spacial score (nSPS) is 15.1. The van der Waals surface area contributed by atoms with Crippen LogP contribution >= 0.6 is 0 Å². The molecule has 0 rings (SSSR count). The molecule has 17 heavy (non-hydrogen) atoms. The van der Waals surface area contributed by atoms with Crippen molar-refractivity contribution in [1.82, 2.24) is 0 Å². The third-order valence-corrected chi connectivity index (χ3v) is 2.16. The number of unbranched alkanes of at least 4 members (excludes halogenated alkanes) is 1. The highest BCUT2D eigenvalue weighted by molar-refractivity contribution is 6.02. The summed E-state index contributed by atoms with van der Waals surface area (Å²) in [5.41, 5.74) is -2.90. The first-order valence-corrected chi connectivity index (χ1v) is 5.54. The van der Waals surface area contributed by atoms with Gasteiger partial charge in [0.1, 0.15) is 5.60 Å². The first-order chi connectivity index (χ1) is 7.69. The van der Waals surface area contributed by atoms with Gasteiger partial charge in [0.25, 0.3) is 5.60 Å². The molecule has 0 aliphatic carbocycles. The molecule has 0 spiro atoms. The van der Waals surface area contributed by atoms with Crippen molar-refractivity contribution in [2.24, 2.45) is 5.90 Å². The molecule has 0 bridgehead atoms. The van der Waals surface area contributed by atoms with Crippen LogP contribution in [-0.4, -0.2) is 28.2 Å². The summed E-state index contributed by atoms with van der Waals surface area (Å²) in [5, 5.41) is 9.11. The minimum atomic E-state index is -2.11. The molecule has 0 heterocycles. The Balaban J connectivity index is 5.02. The second kappa shape index (κ2) is 5.97. The Labute approximate surface area is 101 Å². The summed E-state index contributed by atoms with van der Waals surface area (Å²) >= 11 is 0. The number of carboxylic acids is 1. The van der Waals surface area contributed by atoms with E-state index in [0.29, 0.717) is 6.42 Å². The van der Waals surface area contributed by atoms with Gasteiger partial charge in [-0.15, -0.1) is 0 Å². The van der Waals surface area contributed by atoms with Crippen LogP contribution < -0.4 is 5.90 Å². The van der Waals surface area contributed by atoms with Crippen molar-refractivity contribution in [1.29, 1.82) is 0 Å². The van der Waals surface area contributed by atoms with E-state index in [0.717, 1.165) is 6.42 Å². The number of hydrogen-bond acceptors (Lipinski definition) is 5. The van der Waals surface area contributed by atoms with Gasteiger partial charge in [0.05, 0.1) is 0 Å². The van der Waals surface area contributed by atoms with E-state index in [1.807, 2.05) is 6.92 Å². The van der Waals surface area contributed by atoms with E-state index in [2.05, 4.69) is 4.84 Å². The van der Waals surface area contributed by atoms with E-state index >= 15 is 0 Å². The van der Waals surface area contributed by atoms with Gasteiger partial charge in [-0.2, -0.15) is 0 Å². The summed E-state index contributed by atoms with van der Waals surface area (Å²) in [6, 6.07) is 0. The van der Waals surface area contributed by atoms with Gasteiger partial charge in [0.2, 0.25) is 0 Å². The number of ether oxygens (including phenoxy) is 1. The molecule has 0 fully saturated rings. The smallest absolute Gasteiger partial charge is 0.352 e. The van der Waals surface area contributed by atoms with E-state index in [4.69, 9.17) is 15.7 Å². The highest BCUT2D eigenvalue weighted by Gasteiger charge is 2.50. The van der Waals surface area contributed by atoms with E-state index in [-0.39, 0.29) is 6.42 Å². The van der Waals surface area contributed by atoms with Crippen molar-refractivity contribution < 1.29 is 24.3 Å². The molecule has 1 unspecified atom stereocenters. The lowest BCUT2D eigenvalue weighted by atomic mass is 9.96. The maximum absolute atomic E-state index is 11.9. The lowest BCUT2D eigenvalue weighted by Crippen LogP contribution is -2.53. The van der Waals surface area contributed by atoms with Gasteiger partial charge in [0, 0.05) is 6.42 Å². The predicted molar refractivity (Wildman–Crippen MR) is 61.0 cm³/mol. The summed E-state index contributed by atoms with van der Waals surface area (Å²) in [7, 11) is 0. The van der Waals surface area contributed by atoms with Crippen LogP contribution in [-0.2, 0) is 19.2 Å². The molecule has 0 saturated heterocycles. The van der Waals surface area contributed by atoms with E-state index < -0.39 is 23.1 Å². The van der Waals surface area contributed by atoms with Gasteiger partial charge >= 0.3 is 11.9 Å². The van der Waals surface area contributed by atoms with Crippen molar-refractivity contribution in [2.75, 3.05) is 0 Å². The topological polar surface area (TPSA) is 98.9 Å². The highest BCUT2D eigenvalue weighted by atomic mass is 16.7. The van der Waals surface area contributed by atoms with Crippen LogP contribution in [0.15, 0.2) is 0 Å². The van der Waals surface area contributed by atoms with Crippen LogP contribution in [0.2, 0.25) is 0 Å². The molecule has 0 aromatic heterocycles. The minimum Gasteiger partial charge on any atom is -0.479 e. The fourth-order valence-electron chi connectivity index (χ4n) is 1.24. The van der Waals surface area contributed by atoms with Crippen molar-refractivity contribution in [3.05, 3.63) is 0 Å². The number of esters is 1. The molecule has 6 heteroatoms. The number of carbonyl (C=O) groups is 2. The molecule has 0 saturated carbocycles. The molecule has 0 aromatic rings. The van der Waals surface area contributed by atoms with E-state index in [9.17, 15) is 9.59 Å². The van der Waals surface area contributed by atoms with Crippen LogP contribution in [0.5, 0.6) is 0 Å². The summed E-state index contributed by atoms with van der Waals surface area (Å²) in [6.07, 6.45) is 1.22.